The smallest absolute Gasteiger partial charge is 0.401 e. The highest BCUT2D eigenvalue weighted by molar-refractivity contribution is 7.36. The molecule has 0 saturated carbocycles. The third-order valence-corrected chi connectivity index (χ3v) is 8.94. The molecule has 0 spiro atoms. The highest BCUT2D eigenvalue weighted by Gasteiger charge is 2.51. The van der Waals surface area contributed by atoms with Crippen molar-refractivity contribution in [1.29, 1.82) is 5.26 Å². The van der Waals surface area contributed by atoms with Crippen molar-refractivity contribution in [3.05, 3.63) is 24.2 Å². The Bertz CT molecular complexity index is 1510. The van der Waals surface area contributed by atoms with Gasteiger partial charge in [-0.05, 0) is 50.9 Å². The van der Waals surface area contributed by atoms with Gasteiger partial charge in [-0.1, -0.05) is 13.8 Å². The van der Waals surface area contributed by atoms with Crippen LogP contribution in [-0.4, -0.2) is 101 Å². The fourth-order valence-corrected chi connectivity index (χ4v) is 5.96. The number of nitrogens with zero attached hydrogens (tertiary/aromatic N) is 5. The lowest BCUT2D eigenvalue weighted by Gasteiger charge is -2.37. The van der Waals surface area contributed by atoms with Gasteiger partial charge >= 0.3 is 24.1 Å². The van der Waals surface area contributed by atoms with Crippen LogP contribution in [0.15, 0.2) is 18.5 Å². The molecule has 0 aliphatic carbocycles. The van der Waals surface area contributed by atoms with E-state index in [2.05, 4.69) is 15.2 Å². The van der Waals surface area contributed by atoms with Crippen molar-refractivity contribution in [3.8, 4) is 6.07 Å². The number of aromatic nitrogens is 3. The van der Waals surface area contributed by atoms with Crippen LogP contribution in [0.2, 0.25) is 0 Å². The van der Waals surface area contributed by atoms with Crippen LogP contribution < -0.4 is 10.8 Å². The second-order valence-corrected chi connectivity index (χ2v) is 12.5. The van der Waals surface area contributed by atoms with Gasteiger partial charge in [0.1, 0.15) is 30.6 Å². The number of carbonyl (C=O) groups excluding carboxylic acids is 3. The number of ether oxygens (including phenoxy) is 4. The van der Waals surface area contributed by atoms with Crippen LogP contribution in [0.5, 0.6) is 0 Å². The highest BCUT2D eigenvalue weighted by atomic mass is 31.1. The molecule has 20 heteroatoms. The lowest BCUT2D eigenvalue weighted by Crippen LogP contribution is -2.53. The Morgan fingerprint density at radius 3 is 2.41 bits per heavy atom. The third-order valence-electron chi connectivity index (χ3n) is 7.86. The minimum atomic E-state index is -4.29. The number of anilines is 1. The van der Waals surface area contributed by atoms with Crippen molar-refractivity contribution in [3.63, 3.8) is 0 Å². The first-order valence-corrected chi connectivity index (χ1v) is 16.8. The number of nitrogens with two attached hydrogens (primary N) is 1. The first-order valence-electron chi connectivity index (χ1n) is 15.5. The summed E-state index contributed by atoms with van der Waals surface area (Å²) in [6.45, 7) is 3.03. The number of methoxy groups -OCH3 is 1. The second kappa shape index (κ2) is 17.7. The van der Waals surface area contributed by atoms with Crippen LogP contribution >= 0.6 is 8.18 Å². The number of fused-ring (bicyclic) bond motifs is 1. The summed E-state index contributed by atoms with van der Waals surface area (Å²) in [7, 11) is -2.18. The lowest BCUT2D eigenvalue weighted by atomic mass is 9.92. The van der Waals surface area contributed by atoms with Crippen LogP contribution in [0.3, 0.4) is 0 Å². The summed E-state index contributed by atoms with van der Waals surface area (Å²) in [6, 6.07) is 3.79. The number of carbonyl (C=O) groups is 3. The van der Waals surface area contributed by atoms with Crippen LogP contribution in [0, 0.1) is 17.2 Å². The summed E-state index contributed by atoms with van der Waals surface area (Å²) in [6.07, 6.45) is -5.73. The Kier molecular flexibility index (Phi) is 14.3. The molecule has 1 saturated heterocycles. The van der Waals surface area contributed by atoms with E-state index in [1.54, 1.807) is 0 Å². The minimum Gasteiger partial charge on any atom is -0.464 e. The number of hydrogen-bond acceptors (Lipinski definition) is 14. The minimum absolute atomic E-state index is 0.0267. The van der Waals surface area contributed by atoms with Gasteiger partial charge in [0, 0.05) is 20.0 Å². The summed E-state index contributed by atoms with van der Waals surface area (Å²) < 4.78 is 79.9. The number of nitrogen functional groups attached to an aromatic ring is 1. The maximum atomic E-state index is 13.0. The zero-order chi connectivity index (χ0) is 36.4. The molecule has 5 atom stereocenters. The maximum absolute atomic E-state index is 13.0. The van der Waals surface area contributed by atoms with Crippen LogP contribution in [-0.2, 0) is 42.4 Å². The van der Waals surface area contributed by atoms with E-state index in [-0.39, 0.29) is 50.0 Å². The van der Waals surface area contributed by atoms with Crippen molar-refractivity contribution < 1.29 is 55.6 Å². The van der Waals surface area contributed by atoms with Gasteiger partial charge in [-0.2, -0.15) is 23.5 Å². The molecule has 3 rings (SSSR count). The molecule has 3 N–H and O–H groups in total. The standard InChI is InChI=1S/C29H41F3N7O9P/c1-5-22(40)47-24(20-7-8-21-26(34)35-17-36-39(20)21)25(48-23(41)6-2)28(14-33,44-4)16-46-49(43)37-18(3)27(42)45-13-19-9-11-38(12-10-19)15-29(30,31)32/h7-8,17-19,24-25,49H,5-6,9-13,15-16H2,1-4H3,(H,37,43)(H2,34,35,36)/t18-,24-,25-,28+/m0/s1. The molecule has 272 valence electrons. The van der Waals surface area contributed by atoms with E-state index in [0.29, 0.717) is 18.4 Å². The Morgan fingerprint density at radius 1 is 1.16 bits per heavy atom. The number of rotatable bonds is 17. The van der Waals surface area contributed by atoms with E-state index < -0.39 is 69.3 Å². The summed E-state index contributed by atoms with van der Waals surface area (Å²) in [5, 5.41) is 17.0. The van der Waals surface area contributed by atoms with Gasteiger partial charge in [-0.25, -0.2) is 14.6 Å². The Morgan fingerprint density at radius 2 is 1.82 bits per heavy atom. The van der Waals surface area contributed by atoms with Crippen LogP contribution in [0.1, 0.15) is 58.3 Å². The number of esters is 3. The number of nitriles is 1. The van der Waals surface area contributed by atoms with Crippen LogP contribution in [0.4, 0.5) is 19.0 Å². The van der Waals surface area contributed by atoms with E-state index in [0.717, 1.165) is 13.4 Å². The average molecular weight is 720 g/mol. The first kappa shape index (κ1) is 39.6. The summed E-state index contributed by atoms with van der Waals surface area (Å²) in [5.74, 6) is -2.33. The van der Waals surface area contributed by atoms with Crippen molar-refractivity contribution in [2.45, 2.75) is 76.5 Å². The molecule has 0 amide bonds. The fourth-order valence-electron chi connectivity index (χ4n) is 5.06. The number of piperidine rings is 1. The largest absolute Gasteiger partial charge is 0.464 e. The van der Waals surface area contributed by atoms with Crippen molar-refractivity contribution >= 4 is 37.4 Å². The van der Waals surface area contributed by atoms with E-state index in [1.165, 1.54) is 42.3 Å². The molecule has 1 aliphatic rings. The van der Waals surface area contributed by atoms with Crippen molar-refractivity contribution in [2.75, 3.05) is 45.7 Å². The Labute approximate surface area is 281 Å². The normalized spacial score (nSPS) is 18.1. The molecule has 1 unspecified atom stereocenters. The fraction of sp³-hybridized carbons (Fsp3) is 0.655. The summed E-state index contributed by atoms with van der Waals surface area (Å²) in [4.78, 5) is 43.1. The van der Waals surface area contributed by atoms with E-state index in [4.69, 9.17) is 29.2 Å². The zero-order valence-electron chi connectivity index (χ0n) is 27.5. The molecule has 0 aromatic carbocycles. The maximum Gasteiger partial charge on any atom is 0.401 e. The molecule has 1 fully saturated rings. The quantitative estimate of drug-likeness (QED) is 0.137. The SMILES string of the molecule is CCC(=O)O[C@@H](c1ccc2c(N)ncnn12)[C@H](OC(=O)CC)[C@@](C#N)(CO[PH](=O)N[C@@H](C)C(=O)OCC1CCN(CC(F)(F)F)CC1)OC. The molecule has 2 aromatic rings. The van der Waals surface area contributed by atoms with Gasteiger partial charge < -0.3 is 29.2 Å². The number of halogens is 3. The predicted octanol–water partition coefficient (Wildman–Crippen LogP) is 2.74. The van der Waals surface area contributed by atoms with Crippen molar-refractivity contribution in [2.24, 2.45) is 5.92 Å². The molecule has 1 aliphatic heterocycles. The topological polar surface area (TPSA) is 210 Å². The lowest BCUT2D eigenvalue weighted by molar-refractivity contribution is -0.193. The number of nitrogens with one attached hydrogen (secondary N) is 1. The summed E-state index contributed by atoms with van der Waals surface area (Å²) in [5.41, 5.74) is 4.21. The van der Waals surface area contributed by atoms with Gasteiger partial charge in [0.15, 0.2) is 18.0 Å². The van der Waals surface area contributed by atoms with Gasteiger partial charge in [-0.15, -0.1) is 0 Å². The Hall–Kier alpha value is -3.82. The molecular formula is C29H41F3N7O9P. The zero-order valence-corrected chi connectivity index (χ0v) is 28.5. The molecule has 2 aromatic heterocycles. The van der Waals surface area contributed by atoms with Gasteiger partial charge in [0.25, 0.3) is 8.18 Å². The van der Waals surface area contributed by atoms with E-state index in [1.807, 2.05) is 6.07 Å². The predicted molar refractivity (Wildman–Crippen MR) is 166 cm³/mol. The molecule has 49 heavy (non-hydrogen) atoms. The Balaban J connectivity index is 1.73. The number of likely N-dealkylation sites (tertiary alicyclic amines) is 1. The van der Waals surface area contributed by atoms with Gasteiger partial charge in [0.05, 0.1) is 18.8 Å². The summed E-state index contributed by atoms with van der Waals surface area (Å²) >= 11 is 0. The van der Waals surface area contributed by atoms with Gasteiger partial charge in [-0.3, -0.25) is 23.8 Å². The first-order chi connectivity index (χ1) is 23.2. The number of alkyl halides is 3. The van der Waals surface area contributed by atoms with Crippen LogP contribution in [0.25, 0.3) is 5.52 Å². The highest BCUT2D eigenvalue weighted by Crippen LogP contribution is 2.36. The monoisotopic (exact) mass is 719 g/mol. The third kappa shape index (κ3) is 10.8. The van der Waals surface area contributed by atoms with Crippen molar-refractivity contribution in [1.82, 2.24) is 24.6 Å². The van der Waals surface area contributed by atoms with Gasteiger partial charge in [0.2, 0.25) is 5.60 Å². The molecule has 16 nitrogen and oxygen atoms in total. The van der Waals surface area contributed by atoms with E-state index in [9.17, 15) is 37.4 Å². The van der Waals surface area contributed by atoms with E-state index >= 15 is 0 Å². The number of hydrogen-bond donors (Lipinski definition) is 2. The second-order valence-electron chi connectivity index (χ2n) is 11.3. The molecule has 0 bridgehead atoms. The molecule has 3 heterocycles. The molecule has 0 radical (unpaired) electrons. The average Bonchev–Trinajstić information content (AvgIpc) is 3.51. The molecular weight excluding hydrogens is 678 g/mol.